The minimum Gasteiger partial charge on any atom is -0.492 e. The fraction of sp³-hybridized carbons (Fsp3) is 0.391. The largest absolute Gasteiger partial charge is 0.492 e. The van der Waals surface area contributed by atoms with Crippen LogP contribution in [-0.4, -0.2) is 37.3 Å². The second-order valence-corrected chi connectivity index (χ2v) is 8.42. The molecule has 0 saturated carbocycles. The molecule has 154 valence electrons. The first-order valence-electron chi connectivity index (χ1n) is 10.1. The molecule has 6 heteroatoms. The molecule has 29 heavy (non-hydrogen) atoms. The van der Waals surface area contributed by atoms with E-state index in [1.54, 1.807) is 16.7 Å². The molecule has 0 saturated heterocycles. The maximum Gasteiger partial charge on any atom is 0.227 e. The van der Waals surface area contributed by atoms with Crippen molar-refractivity contribution in [2.75, 3.05) is 30.3 Å². The molecule has 0 radical (unpaired) electrons. The summed E-state index contributed by atoms with van der Waals surface area (Å²) in [5.41, 5.74) is 2.22. The van der Waals surface area contributed by atoms with Crippen LogP contribution in [0, 0.1) is 0 Å². The first-order valence-corrected chi connectivity index (χ1v) is 11.0. The number of carbonyl (C=O) groups excluding carboxylic acids is 2. The van der Waals surface area contributed by atoms with Gasteiger partial charge in [-0.15, -0.1) is 11.8 Å². The topological polar surface area (TPSA) is 58.6 Å². The van der Waals surface area contributed by atoms with Gasteiger partial charge in [0, 0.05) is 30.0 Å². The fourth-order valence-corrected chi connectivity index (χ4v) is 4.18. The normalized spacial score (nSPS) is 13.1. The summed E-state index contributed by atoms with van der Waals surface area (Å²) in [4.78, 5) is 27.5. The molecule has 1 N–H and O–H groups in total. The second-order valence-electron chi connectivity index (χ2n) is 7.28. The predicted octanol–water partition coefficient (Wildman–Crippen LogP) is 4.22. The number of rotatable bonds is 8. The van der Waals surface area contributed by atoms with Crippen molar-refractivity contribution in [1.29, 1.82) is 0 Å². The number of nitrogens with zero attached hydrogens (tertiary/aromatic N) is 1. The van der Waals surface area contributed by atoms with Crippen LogP contribution < -0.4 is 15.0 Å². The van der Waals surface area contributed by atoms with Crippen molar-refractivity contribution in [3.63, 3.8) is 0 Å². The molecule has 0 fully saturated rings. The Morgan fingerprint density at radius 2 is 1.86 bits per heavy atom. The van der Waals surface area contributed by atoms with Gasteiger partial charge in [-0.05, 0) is 35.7 Å². The smallest absolute Gasteiger partial charge is 0.227 e. The number of benzene rings is 2. The summed E-state index contributed by atoms with van der Waals surface area (Å²) in [6.45, 7) is 5.81. The molecule has 2 amide bonds. The van der Waals surface area contributed by atoms with Crippen LogP contribution in [0.5, 0.6) is 5.75 Å². The van der Waals surface area contributed by atoms with Crippen molar-refractivity contribution in [1.82, 2.24) is 5.32 Å². The van der Waals surface area contributed by atoms with Gasteiger partial charge in [0.2, 0.25) is 11.8 Å². The molecule has 1 aliphatic heterocycles. The van der Waals surface area contributed by atoms with Gasteiger partial charge in [-0.1, -0.05) is 38.1 Å². The minimum absolute atomic E-state index is 0.00519. The van der Waals surface area contributed by atoms with Crippen LogP contribution in [0.1, 0.15) is 38.2 Å². The van der Waals surface area contributed by atoms with Gasteiger partial charge in [0.05, 0.1) is 12.2 Å². The van der Waals surface area contributed by atoms with Crippen LogP contribution in [0.2, 0.25) is 0 Å². The number of hydrogen-bond acceptors (Lipinski definition) is 4. The summed E-state index contributed by atoms with van der Waals surface area (Å²) in [5, 5.41) is 2.82. The molecule has 5 nitrogen and oxygen atoms in total. The Morgan fingerprint density at radius 3 is 2.62 bits per heavy atom. The summed E-state index contributed by atoms with van der Waals surface area (Å²) in [6.07, 6.45) is 0.399. The molecule has 3 rings (SSSR count). The van der Waals surface area contributed by atoms with Crippen LogP contribution in [0.15, 0.2) is 53.4 Å². The predicted molar refractivity (Wildman–Crippen MR) is 118 cm³/mol. The van der Waals surface area contributed by atoms with Gasteiger partial charge in [0.25, 0.3) is 0 Å². The lowest BCUT2D eigenvalue weighted by molar-refractivity contribution is -0.125. The molecular formula is C23H28N2O3S. The van der Waals surface area contributed by atoms with Crippen LogP contribution in [0.3, 0.4) is 0 Å². The van der Waals surface area contributed by atoms with E-state index < -0.39 is 0 Å². The molecule has 2 aromatic rings. The van der Waals surface area contributed by atoms with Gasteiger partial charge in [0.15, 0.2) is 0 Å². The minimum atomic E-state index is -0.128. The van der Waals surface area contributed by atoms with E-state index in [0.717, 1.165) is 22.1 Å². The fourth-order valence-electron chi connectivity index (χ4n) is 3.18. The van der Waals surface area contributed by atoms with E-state index in [2.05, 4.69) is 31.3 Å². The molecule has 0 aromatic heterocycles. The molecule has 0 atom stereocenters. The van der Waals surface area contributed by atoms with Crippen molar-refractivity contribution in [2.24, 2.45) is 0 Å². The monoisotopic (exact) mass is 412 g/mol. The highest BCUT2D eigenvalue weighted by Gasteiger charge is 2.22. The van der Waals surface area contributed by atoms with Gasteiger partial charge in [-0.3, -0.25) is 9.59 Å². The first-order chi connectivity index (χ1) is 14.0. The summed E-state index contributed by atoms with van der Waals surface area (Å²) < 4.78 is 5.66. The molecule has 0 spiro atoms. The van der Waals surface area contributed by atoms with E-state index in [9.17, 15) is 9.59 Å². The van der Waals surface area contributed by atoms with Crippen LogP contribution in [0.4, 0.5) is 5.69 Å². The Hall–Kier alpha value is -2.47. The van der Waals surface area contributed by atoms with E-state index in [1.807, 2.05) is 36.4 Å². The lowest BCUT2D eigenvalue weighted by atomic mass is 10.0. The van der Waals surface area contributed by atoms with Crippen molar-refractivity contribution in [2.45, 2.75) is 37.5 Å². The molecule has 0 bridgehead atoms. The van der Waals surface area contributed by atoms with Crippen molar-refractivity contribution in [3.05, 3.63) is 54.1 Å². The van der Waals surface area contributed by atoms with Gasteiger partial charge in [0.1, 0.15) is 12.4 Å². The first kappa shape index (κ1) is 21.2. The SMILES string of the molecule is CC(C)c1ccc(OCCNC(=O)CCC(=O)N2CCSc3ccccc32)cc1. The van der Waals surface area contributed by atoms with Gasteiger partial charge in [-0.25, -0.2) is 0 Å². The number of ether oxygens (including phenoxy) is 1. The molecule has 0 aliphatic carbocycles. The molecule has 0 unspecified atom stereocenters. The number of thioether (sulfide) groups is 1. The number of anilines is 1. The maximum absolute atomic E-state index is 12.6. The highest BCUT2D eigenvalue weighted by molar-refractivity contribution is 7.99. The summed E-state index contributed by atoms with van der Waals surface area (Å²) in [5.74, 6) is 2.03. The quantitative estimate of drug-likeness (QED) is 0.660. The van der Waals surface area contributed by atoms with Crippen molar-refractivity contribution in [3.8, 4) is 5.75 Å². The Morgan fingerprint density at radius 1 is 1.10 bits per heavy atom. The summed E-state index contributed by atoms with van der Waals surface area (Å²) in [7, 11) is 0. The zero-order valence-corrected chi connectivity index (χ0v) is 17.8. The zero-order chi connectivity index (χ0) is 20.6. The van der Waals surface area contributed by atoms with E-state index in [4.69, 9.17) is 4.74 Å². The third-order valence-corrected chi connectivity index (χ3v) is 5.88. The highest BCUT2D eigenvalue weighted by Crippen LogP contribution is 2.34. The summed E-state index contributed by atoms with van der Waals surface area (Å²) >= 11 is 1.76. The van der Waals surface area contributed by atoms with Crippen molar-refractivity contribution >= 4 is 29.3 Å². The second kappa shape index (κ2) is 10.3. The number of hydrogen-bond donors (Lipinski definition) is 1. The zero-order valence-electron chi connectivity index (χ0n) is 17.0. The molecule has 2 aromatic carbocycles. The Kier molecular flexibility index (Phi) is 7.58. The van der Waals surface area contributed by atoms with Gasteiger partial charge >= 0.3 is 0 Å². The summed E-state index contributed by atoms with van der Waals surface area (Å²) in [6, 6.07) is 15.9. The maximum atomic E-state index is 12.6. The number of carbonyl (C=O) groups is 2. The number of fused-ring (bicyclic) bond motifs is 1. The van der Waals surface area contributed by atoms with Crippen LogP contribution in [-0.2, 0) is 9.59 Å². The lowest BCUT2D eigenvalue weighted by Gasteiger charge is -2.29. The standard InChI is InChI=1S/C23H28N2O3S/c1-17(2)18-7-9-19(10-8-18)28-15-13-24-22(26)11-12-23(27)25-14-16-29-21-6-4-3-5-20(21)25/h3-10,17H,11-16H2,1-2H3,(H,24,26). The third kappa shape index (κ3) is 6.00. The van der Waals surface area contributed by atoms with E-state index in [0.29, 0.717) is 25.6 Å². The molecule has 1 aliphatic rings. The number of amides is 2. The average molecular weight is 413 g/mol. The average Bonchev–Trinajstić information content (AvgIpc) is 2.75. The van der Waals surface area contributed by atoms with Crippen LogP contribution >= 0.6 is 11.8 Å². The van der Waals surface area contributed by atoms with E-state index in [1.165, 1.54) is 5.56 Å². The lowest BCUT2D eigenvalue weighted by Crippen LogP contribution is -2.36. The third-order valence-electron chi connectivity index (χ3n) is 4.84. The Bertz CT molecular complexity index is 836. The van der Waals surface area contributed by atoms with E-state index >= 15 is 0 Å². The molecular weight excluding hydrogens is 384 g/mol. The van der Waals surface area contributed by atoms with Gasteiger partial charge in [-0.2, -0.15) is 0 Å². The number of para-hydroxylation sites is 1. The van der Waals surface area contributed by atoms with Gasteiger partial charge < -0.3 is 15.0 Å². The van der Waals surface area contributed by atoms with Crippen LogP contribution in [0.25, 0.3) is 0 Å². The Labute approximate surface area is 176 Å². The van der Waals surface area contributed by atoms with Crippen molar-refractivity contribution < 1.29 is 14.3 Å². The number of nitrogens with one attached hydrogen (secondary N) is 1. The van der Waals surface area contributed by atoms with E-state index in [-0.39, 0.29) is 24.7 Å². The Balaban J connectivity index is 1.36. The molecule has 1 heterocycles. The highest BCUT2D eigenvalue weighted by atomic mass is 32.2.